The number of carbonyl (C=O) groups is 1. The van der Waals surface area contributed by atoms with Crippen LogP contribution >= 0.6 is 0 Å². The molecule has 4 nitrogen and oxygen atoms in total. The zero-order valence-corrected chi connectivity index (χ0v) is 11.6. The lowest BCUT2D eigenvalue weighted by molar-refractivity contribution is -0.118. The minimum Gasteiger partial charge on any atom is -0.483 e. The van der Waals surface area contributed by atoms with Gasteiger partial charge in [-0.15, -0.1) is 0 Å². The highest BCUT2D eigenvalue weighted by Gasteiger charge is 2.07. The summed E-state index contributed by atoms with van der Waals surface area (Å²) in [6.45, 7) is 3.82. The highest BCUT2D eigenvalue weighted by molar-refractivity contribution is 5.92. The molecule has 2 rings (SSSR count). The molecule has 1 amide bonds. The molecular formula is C16H18N2O2. The van der Waals surface area contributed by atoms with Crippen molar-refractivity contribution >= 4 is 17.3 Å². The number of nitrogen functional groups attached to an aromatic ring is 1. The summed E-state index contributed by atoms with van der Waals surface area (Å²) in [7, 11) is 0. The molecule has 0 aromatic heterocycles. The molecule has 0 aliphatic carbocycles. The predicted octanol–water partition coefficient (Wildman–Crippen LogP) is 2.90. The maximum Gasteiger partial charge on any atom is 0.262 e. The van der Waals surface area contributed by atoms with E-state index in [4.69, 9.17) is 10.5 Å². The lowest BCUT2D eigenvalue weighted by Crippen LogP contribution is -2.20. The minimum absolute atomic E-state index is 0.0192. The van der Waals surface area contributed by atoms with Gasteiger partial charge in [-0.3, -0.25) is 4.79 Å². The highest BCUT2D eigenvalue weighted by Crippen LogP contribution is 2.18. The molecule has 4 heteroatoms. The third-order valence-corrected chi connectivity index (χ3v) is 2.98. The second kappa shape index (κ2) is 6.10. The Kier molecular flexibility index (Phi) is 4.25. The second-order valence-corrected chi connectivity index (χ2v) is 4.68. The van der Waals surface area contributed by atoms with Crippen molar-refractivity contribution in [2.75, 3.05) is 17.7 Å². The van der Waals surface area contributed by atoms with Crippen molar-refractivity contribution in [2.45, 2.75) is 13.8 Å². The van der Waals surface area contributed by atoms with Gasteiger partial charge in [-0.25, -0.2) is 0 Å². The summed E-state index contributed by atoms with van der Waals surface area (Å²) >= 11 is 0. The number of ether oxygens (including phenoxy) is 1. The van der Waals surface area contributed by atoms with Crippen LogP contribution in [0.3, 0.4) is 0 Å². The monoisotopic (exact) mass is 270 g/mol. The molecule has 0 atom stereocenters. The van der Waals surface area contributed by atoms with Crippen LogP contribution in [0.1, 0.15) is 11.1 Å². The zero-order chi connectivity index (χ0) is 14.5. The topological polar surface area (TPSA) is 64.3 Å². The van der Waals surface area contributed by atoms with Crippen LogP contribution < -0.4 is 15.8 Å². The van der Waals surface area contributed by atoms with E-state index in [-0.39, 0.29) is 12.5 Å². The van der Waals surface area contributed by atoms with Gasteiger partial charge in [0.25, 0.3) is 5.91 Å². The number of nitrogens with two attached hydrogens (primary N) is 1. The lowest BCUT2D eigenvalue weighted by Gasteiger charge is -2.11. The largest absolute Gasteiger partial charge is 0.483 e. The molecule has 0 spiro atoms. The van der Waals surface area contributed by atoms with Gasteiger partial charge in [-0.05, 0) is 49.2 Å². The standard InChI is InChI=1S/C16H18N2O2/c1-11-5-3-4-6-15(11)20-10-16(19)18-14-8-7-13(17)9-12(14)2/h3-9H,10,17H2,1-2H3,(H,18,19). The number of anilines is 2. The quantitative estimate of drug-likeness (QED) is 0.840. The van der Waals surface area contributed by atoms with Crippen molar-refractivity contribution in [1.29, 1.82) is 0 Å². The third-order valence-electron chi connectivity index (χ3n) is 2.98. The summed E-state index contributed by atoms with van der Waals surface area (Å²) < 4.78 is 5.50. The maximum atomic E-state index is 11.9. The van der Waals surface area contributed by atoms with E-state index >= 15 is 0 Å². The third kappa shape index (κ3) is 3.51. The number of aryl methyl sites for hydroxylation is 2. The molecule has 0 saturated heterocycles. The van der Waals surface area contributed by atoms with E-state index in [1.807, 2.05) is 44.2 Å². The van der Waals surface area contributed by atoms with E-state index in [2.05, 4.69) is 5.32 Å². The summed E-state index contributed by atoms with van der Waals surface area (Å²) in [5.74, 6) is 0.526. The van der Waals surface area contributed by atoms with Crippen LogP contribution in [0, 0.1) is 13.8 Å². The van der Waals surface area contributed by atoms with Gasteiger partial charge >= 0.3 is 0 Å². The van der Waals surface area contributed by atoms with Gasteiger partial charge in [0, 0.05) is 11.4 Å². The predicted molar refractivity (Wildman–Crippen MR) is 80.9 cm³/mol. The number of hydrogen-bond donors (Lipinski definition) is 2. The molecule has 0 aliphatic rings. The normalized spacial score (nSPS) is 10.1. The SMILES string of the molecule is Cc1cc(N)ccc1NC(=O)COc1ccccc1C. The number of benzene rings is 2. The molecule has 2 aromatic rings. The van der Waals surface area contributed by atoms with Crippen LogP contribution in [0.2, 0.25) is 0 Å². The summed E-state index contributed by atoms with van der Waals surface area (Å²) in [5, 5.41) is 2.81. The van der Waals surface area contributed by atoms with Crippen molar-refractivity contribution in [3.8, 4) is 5.75 Å². The van der Waals surface area contributed by atoms with Gasteiger partial charge in [0.1, 0.15) is 5.75 Å². The van der Waals surface area contributed by atoms with Crippen LogP contribution in [0.25, 0.3) is 0 Å². The highest BCUT2D eigenvalue weighted by atomic mass is 16.5. The summed E-state index contributed by atoms with van der Waals surface area (Å²) in [6.07, 6.45) is 0. The Morgan fingerprint density at radius 3 is 2.60 bits per heavy atom. The summed E-state index contributed by atoms with van der Waals surface area (Å²) in [6, 6.07) is 13.0. The Morgan fingerprint density at radius 2 is 1.90 bits per heavy atom. The Bertz CT molecular complexity index is 624. The van der Waals surface area contributed by atoms with Crippen molar-refractivity contribution in [1.82, 2.24) is 0 Å². The fourth-order valence-corrected chi connectivity index (χ4v) is 1.88. The van der Waals surface area contributed by atoms with E-state index < -0.39 is 0 Å². The Balaban J connectivity index is 1.94. The lowest BCUT2D eigenvalue weighted by atomic mass is 10.2. The van der Waals surface area contributed by atoms with Crippen molar-refractivity contribution in [3.63, 3.8) is 0 Å². The molecule has 0 bridgehead atoms. The zero-order valence-electron chi connectivity index (χ0n) is 11.6. The van der Waals surface area contributed by atoms with Crippen molar-refractivity contribution < 1.29 is 9.53 Å². The van der Waals surface area contributed by atoms with E-state index in [1.165, 1.54) is 0 Å². The summed E-state index contributed by atoms with van der Waals surface area (Å²) in [4.78, 5) is 11.9. The average molecular weight is 270 g/mol. The second-order valence-electron chi connectivity index (χ2n) is 4.68. The molecular weight excluding hydrogens is 252 g/mol. The van der Waals surface area contributed by atoms with E-state index in [1.54, 1.807) is 12.1 Å². The number of rotatable bonds is 4. The van der Waals surface area contributed by atoms with Gasteiger partial charge in [0.2, 0.25) is 0 Å². The molecule has 2 aromatic carbocycles. The van der Waals surface area contributed by atoms with Gasteiger partial charge in [-0.1, -0.05) is 18.2 Å². The van der Waals surface area contributed by atoms with Crippen LogP contribution in [0.5, 0.6) is 5.75 Å². The molecule has 20 heavy (non-hydrogen) atoms. The first-order chi connectivity index (χ1) is 9.56. The van der Waals surface area contributed by atoms with E-state index in [0.29, 0.717) is 5.69 Å². The van der Waals surface area contributed by atoms with E-state index in [9.17, 15) is 4.79 Å². The fourth-order valence-electron chi connectivity index (χ4n) is 1.88. The Hall–Kier alpha value is -2.49. The molecule has 3 N–H and O–H groups in total. The average Bonchev–Trinajstić information content (AvgIpc) is 2.41. The molecule has 0 radical (unpaired) electrons. The molecule has 0 fully saturated rings. The Labute approximate surface area is 118 Å². The van der Waals surface area contributed by atoms with Crippen LogP contribution in [0.15, 0.2) is 42.5 Å². The maximum absolute atomic E-state index is 11.9. The van der Waals surface area contributed by atoms with Crippen LogP contribution in [-0.2, 0) is 4.79 Å². The fraction of sp³-hybridized carbons (Fsp3) is 0.188. The van der Waals surface area contributed by atoms with Gasteiger partial charge < -0.3 is 15.8 Å². The number of nitrogens with one attached hydrogen (secondary N) is 1. The van der Waals surface area contributed by atoms with Crippen molar-refractivity contribution in [3.05, 3.63) is 53.6 Å². The number of amides is 1. The van der Waals surface area contributed by atoms with Crippen molar-refractivity contribution in [2.24, 2.45) is 0 Å². The van der Waals surface area contributed by atoms with Gasteiger partial charge in [0.15, 0.2) is 6.61 Å². The summed E-state index contributed by atoms with van der Waals surface area (Å²) in [5.41, 5.74) is 9.03. The number of carbonyl (C=O) groups excluding carboxylic acids is 1. The molecule has 0 saturated carbocycles. The molecule has 0 heterocycles. The Morgan fingerprint density at radius 1 is 1.15 bits per heavy atom. The minimum atomic E-state index is -0.193. The first kappa shape index (κ1) is 13.9. The van der Waals surface area contributed by atoms with Gasteiger partial charge in [0.05, 0.1) is 0 Å². The number of para-hydroxylation sites is 1. The first-order valence-corrected chi connectivity index (χ1v) is 6.40. The van der Waals surface area contributed by atoms with E-state index in [0.717, 1.165) is 22.6 Å². The first-order valence-electron chi connectivity index (χ1n) is 6.40. The van der Waals surface area contributed by atoms with Crippen LogP contribution in [-0.4, -0.2) is 12.5 Å². The van der Waals surface area contributed by atoms with Gasteiger partial charge in [-0.2, -0.15) is 0 Å². The molecule has 104 valence electrons. The smallest absolute Gasteiger partial charge is 0.262 e. The number of hydrogen-bond acceptors (Lipinski definition) is 3. The van der Waals surface area contributed by atoms with Crippen LogP contribution in [0.4, 0.5) is 11.4 Å². The molecule has 0 unspecified atom stereocenters. The molecule has 0 aliphatic heterocycles.